The van der Waals surface area contributed by atoms with Gasteiger partial charge in [-0.2, -0.15) is 0 Å². The van der Waals surface area contributed by atoms with Crippen molar-refractivity contribution in [1.29, 1.82) is 0 Å². The van der Waals surface area contributed by atoms with Gasteiger partial charge in [0.25, 0.3) is 5.91 Å². The number of carbonyl (C=O) groups is 2. The number of hydrogen-bond donors (Lipinski definition) is 2. The van der Waals surface area contributed by atoms with E-state index in [4.69, 9.17) is 21.4 Å². The van der Waals surface area contributed by atoms with Crippen molar-refractivity contribution < 1.29 is 19.4 Å². The lowest BCUT2D eigenvalue weighted by molar-refractivity contribution is -0.137. The van der Waals surface area contributed by atoms with E-state index in [1.54, 1.807) is 12.1 Å². The lowest BCUT2D eigenvalue weighted by Crippen LogP contribution is -2.29. The first kappa shape index (κ1) is 18.0. The average Bonchev–Trinajstić information content (AvgIpc) is 2.44. The second kappa shape index (κ2) is 8.43. The molecule has 0 bridgehead atoms. The molecule has 21 heavy (non-hydrogen) atoms. The number of carbonyl (C=O) groups excluding carboxylic acids is 1. The molecule has 1 amide bonds. The molecule has 2 N–H and O–H groups in total. The maximum atomic E-state index is 12.2. The predicted molar refractivity (Wildman–Crippen MR) is 89.1 cm³/mol. The Morgan fingerprint density at radius 3 is 2.71 bits per heavy atom. The summed E-state index contributed by atoms with van der Waals surface area (Å²) in [5.74, 6) is -0.582. The Morgan fingerprint density at radius 1 is 1.48 bits per heavy atom. The van der Waals surface area contributed by atoms with Gasteiger partial charge in [-0.25, -0.2) is 0 Å². The van der Waals surface area contributed by atoms with Crippen molar-refractivity contribution in [2.75, 3.05) is 13.7 Å². The van der Waals surface area contributed by atoms with Crippen LogP contribution in [0.15, 0.2) is 12.1 Å². The SMILES string of the molecule is COc1cc(I)c(Cl)cc1C(=O)NCC(C)CCC(=O)O. The van der Waals surface area contributed by atoms with Crippen LogP contribution in [0.5, 0.6) is 5.75 Å². The molecule has 0 spiro atoms. The van der Waals surface area contributed by atoms with Crippen LogP contribution in [0.2, 0.25) is 5.02 Å². The van der Waals surface area contributed by atoms with E-state index >= 15 is 0 Å². The third-order valence-electron chi connectivity index (χ3n) is 2.95. The molecule has 0 aromatic heterocycles. The van der Waals surface area contributed by atoms with E-state index in [-0.39, 0.29) is 18.2 Å². The highest BCUT2D eigenvalue weighted by Crippen LogP contribution is 2.28. The predicted octanol–water partition coefficient (Wildman–Crippen LogP) is 3.18. The number of ether oxygens (including phenoxy) is 1. The second-order valence-electron chi connectivity index (χ2n) is 4.71. The fourth-order valence-corrected chi connectivity index (χ4v) is 2.31. The Morgan fingerprint density at radius 2 is 2.14 bits per heavy atom. The molecule has 0 heterocycles. The minimum absolute atomic E-state index is 0.0790. The zero-order valence-corrected chi connectivity index (χ0v) is 14.7. The van der Waals surface area contributed by atoms with E-state index in [9.17, 15) is 9.59 Å². The summed E-state index contributed by atoms with van der Waals surface area (Å²) in [5.41, 5.74) is 0.369. The molecule has 0 saturated heterocycles. The van der Waals surface area contributed by atoms with E-state index in [0.717, 1.165) is 3.57 Å². The van der Waals surface area contributed by atoms with Crippen molar-refractivity contribution in [3.05, 3.63) is 26.3 Å². The molecule has 0 saturated carbocycles. The van der Waals surface area contributed by atoms with E-state index in [0.29, 0.717) is 29.3 Å². The molecule has 1 unspecified atom stereocenters. The maximum absolute atomic E-state index is 12.2. The van der Waals surface area contributed by atoms with Gasteiger partial charge >= 0.3 is 5.97 Å². The summed E-state index contributed by atoms with van der Waals surface area (Å²) in [7, 11) is 1.49. The standard InChI is InChI=1S/C14H17ClINO4/c1-8(3-4-13(18)19)7-17-14(20)9-5-10(15)11(16)6-12(9)21-2/h5-6,8H,3-4,7H2,1-2H3,(H,17,20)(H,18,19). The Labute approximate surface area is 142 Å². The van der Waals surface area contributed by atoms with Crippen LogP contribution in [0.25, 0.3) is 0 Å². The van der Waals surface area contributed by atoms with Gasteiger partial charge in [-0.05, 0) is 47.1 Å². The normalized spacial score (nSPS) is 11.8. The molecule has 0 aliphatic heterocycles. The summed E-state index contributed by atoms with van der Waals surface area (Å²) < 4.78 is 5.99. The van der Waals surface area contributed by atoms with Gasteiger partial charge in [0.15, 0.2) is 0 Å². The molecular weight excluding hydrogens is 409 g/mol. The van der Waals surface area contributed by atoms with E-state index in [1.807, 2.05) is 6.92 Å². The van der Waals surface area contributed by atoms with E-state index < -0.39 is 5.97 Å². The lowest BCUT2D eigenvalue weighted by atomic mass is 10.1. The largest absolute Gasteiger partial charge is 0.496 e. The van der Waals surface area contributed by atoms with Gasteiger partial charge in [0, 0.05) is 16.5 Å². The molecule has 7 heteroatoms. The number of hydrogen-bond acceptors (Lipinski definition) is 3. The van der Waals surface area contributed by atoms with Crippen LogP contribution in [0.1, 0.15) is 30.1 Å². The first-order valence-corrected chi connectivity index (χ1v) is 7.83. The molecule has 0 aliphatic carbocycles. The highest BCUT2D eigenvalue weighted by Gasteiger charge is 2.16. The minimum atomic E-state index is -0.834. The Kier molecular flexibility index (Phi) is 7.24. The van der Waals surface area contributed by atoms with Crippen molar-refractivity contribution in [1.82, 2.24) is 5.32 Å². The number of carboxylic acids is 1. The molecule has 0 fully saturated rings. The molecule has 0 aliphatic rings. The van der Waals surface area contributed by atoms with Crippen LogP contribution in [-0.4, -0.2) is 30.6 Å². The summed E-state index contributed by atoms with van der Waals surface area (Å²) in [6.07, 6.45) is 0.607. The third kappa shape index (κ3) is 5.70. The van der Waals surface area contributed by atoms with Gasteiger partial charge in [-0.1, -0.05) is 18.5 Å². The second-order valence-corrected chi connectivity index (χ2v) is 6.28. The summed E-state index contributed by atoms with van der Waals surface area (Å²) in [6.45, 7) is 2.29. The first-order valence-electron chi connectivity index (χ1n) is 6.38. The lowest BCUT2D eigenvalue weighted by Gasteiger charge is -2.14. The number of carboxylic acid groups (broad SMARTS) is 1. The van der Waals surface area contributed by atoms with Gasteiger partial charge in [-0.15, -0.1) is 0 Å². The topological polar surface area (TPSA) is 75.6 Å². The number of benzene rings is 1. The molecular formula is C14H17ClINO4. The van der Waals surface area contributed by atoms with Crippen LogP contribution >= 0.6 is 34.2 Å². The summed E-state index contributed by atoms with van der Waals surface area (Å²) in [6, 6.07) is 3.27. The van der Waals surface area contributed by atoms with Gasteiger partial charge in [0.1, 0.15) is 5.75 Å². The van der Waals surface area contributed by atoms with Crippen LogP contribution in [0.3, 0.4) is 0 Å². The summed E-state index contributed by atoms with van der Waals surface area (Å²) in [5, 5.41) is 11.9. The zero-order chi connectivity index (χ0) is 16.0. The average molecular weight is 426 g/mol. The third-order valence-corrected chi connectivity index (χ3v) is 4.47. The van der Waals surface area contributed by atoms with Gasteiger partial charge in [0.05, 0.1) is 17.7 Å². The van der Waals surface area contributed by atoms with Crippen molar-refractivity contribution in [3.8, 4) is 5.75 Å². The Bertz CT molecular complexity index is 536. The smallest absolute Gasteiger partial charge is 0.303 e. The highest BCUT2D eigenvalue weighted by atomic mass is 127. The van der Waals surface area contributed by atoms with Crippen LogP contribution < -0.4 is 10.1 Å². The molecule has 1 aromatic rings. The Hall–Kier alpha value is -1.02. The minimum Gasteiger partial charge on any atom is -0.496 e. The van der Waals surface area contributed by atoms with Crippen LogP contribution in [0.4, 0.5) is 0 Å². The van der Waals surface area contributed by atoms with E-state index in [1.165, 1.54) is 7.11 Å². The quantitative estimate of drug-likeness (QED) is 0.658. The number of halogens is 2. The van der Waals surface area contributed by atoms with Gasteiger partial charge < -0.3 is 15.2 Å². The van der Waals surface area contributed by atoms with Crippen LogP contribution in [-0.2, 0) is 4.79 Å². The molecule has 1 aromatic carbocycles. The summed E-state index contributed by atoms with van der Waals surface area (Å²) >= 11 is 8.09. The fourth-order valence-electron chi connectivity index (χ4n) is 1.71. The Balaban J connectivity index is 2.67. The van der Waals surface area contributed by atoms with Crippen LogP contribution in [0, 0.1) is 9.49 Å². The molecule has 1 atom stereocenters. The molecule has 116 valence electrons. The zero-order valence-electron chi connectivity index (χ0n) is 11.8. The van der Waals surface area contributed by atoms with Gasteiger partial charge in [-0.3, -0.25) is 9.59 Å². The monoisotopic (exact) mass is 425 g/mol. The van der Waals surface area contributed by atoms with Crippen molar-refractivity contribution in [3.63, 3.8) is 0 Å². The number of nitrogens with one attached hydrogen (secondary N) is 1. The number of methoxy groups -OCH3 is 1. The molecule has 1 rings (SSSR count). The summed E-state index contributed by atoms with van der Waals surface area (Å²) in [4.78, 5) is 22.7. The highest BCUT2D eigenvalue weighted by molar-refractivity contribution is 14.1. The van der Waals surface area contributed by atoms with Gasteiger partial charge in [0.2, 0.25) is 0 Å². The van der Waals surface area contributed by atoms with Crippen molar-refractivity contribution in [2.45, 2.75) is 19.8 Å². The number of amides is 1. The number of aliphatic carboxylic acids is 1. The van der Waals surface area contributed by atoms with Crippen molar-refractivity contribution in [2.24, 2.45) is 5.92 Å². The van der Waals surface area contributed by atoms with Crippen molar-refractivity contribution >= 4 is 46.1 Å². The molecule has 0 radical (unpaired) electrons. The number of rotatable bonds is 7. The fraction of sp³-hybridized carbons (Fsp3) is 0.429. The molecule has 5 nitrogen and oxygen atoms in total. The first-order chi connectivity index (χ1) is 9.85. The maximum Gasteiger partial charge on any atom is 0.303 e. The van der Waals surface area contributed by atoms with E-state index in [2.05, 4.69) is 27.9 Å².